The third kappa shape index (κ3) is 4.21. The van der Waals surface area contributed by atoms with Crippen LogP contribution in [0.4, 0.5) is 4.39 Å². The fraction of sp³-hybridized carbons (Fsp3) is 0.545. The lowest BCUT2D eigenvalue weighted by Crippen LogP contribution is -2.45. The van der Waals surface area contributed by atoms with Crippen LogP contribution in [0.3, 0.4) is 0 Å². The van der Waals surface area contributed by atoms with Crippen molar-refractivity contribution in [3.63, 3.8) is 0 Å². The molecule has 1 aromatic rings. The summed E-state index contributed by atoms with van der Waals surface area (Å²) < 4.78 is 13.2. The molecule has 0 bridgehead atoms. The molecule has 0 saturated carbocycles. The average molecular weight is 317 g/mol. The van der Waals surface area contributed by atoms with E-state index in [-0.39, 0.29) is 30.9 Å². The number of halogens is 4. The molecule has 7 heteroatoms. The molecular formula is C11H17Cl3FN3. The Morgan fingerprint density at radius 3 is 2.61 bits per heavy atom. The Morgan fingerprint density at radius 1 is 1.39 bits per heavy atom. The van der Waals surface area contributed by atoms with Crippen molar-refractivity contribution in [1.82, 2.24) is 15.2 Å². The van der Waals surface area contributed by atoms with E-state index in [1.165, 1.54) is 0 Å². The van der Waals surface area contributed by atoms with E-state index < -0.39 is 6.67 Å². The van der Waals surface area contributed by atoms with E-state index in [2.05, 4.69) is 15.2 Å². The van der Waals surface area contributed by atoms with Crippen LogP contribution in [0.25, 0.3) is 0 Å². The molecule has 1 saturated heterocycles. The van der Waals surface area contributed by atoms with E-state index in [0.717, 1.165) is 31.7 Å². The predicted octanol–water partition coefficient (Wildman–Crippen LogP) is 2.49. The predicted molar refractivity (Wildman–Crippen MR) is 76.9 cm³/mol. The van der Waals surface area contributed by atoms with Gasteiger partial charge in [-0.15, -0.1) is 24.8 Å². The van der Waals surface area contributed by atoms with Gasteiger partial charge in [0.05, 0.1) is 6.04 Å². The second-order valence-corrected chi connectivity index (χ2v) is 4.20. The first-order chi connectivity index (χ1) is 7.83. The van der Waals surface area contributed by atoms with Crippen molar-refractivity contribution < 1.29 is 4.39 Å². The van der Waals surface area contributed by atoms with Crippen molar-refractivity contribution in [2.24, 2.45) is 0 Å². The molecule has 3 nitrogen and oxygen atoms in total. The van der Waals surface area contributed by atoms with Crippen LogP contribution in [0.1, 0.15) is 11.6 Å². The maximum absolute atomic E-state index is 13.2. The number of hydrogen-bond donors (Lipinski definition) is 1. The number of hydrogen-bond acceptors (Lipinski definition) is 3. The molecule has 0 spiro atoms. The minimum Gasteiger partial charge on any atom is -0.314 e. The van der Waals surface area contributed by atoms with Gasteiger partial charge in [0.2, 0.25) is 0 Å². The largest absolute Gasteiger partial charge is 0.314 e. The lowest BCUT2D eigenvalue weighted by Gasteiger charge is -2.33. The van der Waals surface area contributed by atoms with Gasteiger partial charge in [0, 0.05) is 37.9 Å². The maximum Gasteiger partial charge on any atom is 0.133 e. The second kappa shape index (κ2) is 8.88. The highest BCUT2D eigenvalue weighted by atomic mass is 35.5. The standard InChI is InChI=1S/C11H15ClFN3.2ClH/c12-11-9(2-1-3-15-11)10(8-13)16-6-4-14-5-7-16;;/h1-3,10,14H,4-8H2;2*1H/t10-;;/m0../s1. The Labute approximate surface area is 124 Å². The van der Waals surface area contributed by atoms with Gasteiger partial charge in [-0.3, -0.25) is 4.90 Å². The van der Waals surface area contributed by atoms with Gasteiger partial charge in [-0.05, 0) is 6.07 Å². The van der Waals surface area contributed by atoms with Gasteiger partial charge in [0.15, 0.2) is 0 Å². The van der Waals surface area contributed by atoms with Crippen LogP contribution in [-0.2, 0) is 0 Å². The number of nitrogens with zero attached hydrogens (tertiary/aromatic N) is 2. The molecule has 0 aliphatic carbocycles. The van der Waals surface area contributed by atoms with Crippen LogP contribution in [0.5, 0.6) is 0 Å². The Balaban J connectivity index is 0.00000144. The maximum atomic E-state index is 13.2. The van der Waals surface area contributed by atoms with Gasteiger partial charge in [-0.1, -0.05) is 17.7 Å². The van der Waals surface area contributed by atoms with Crippen molar-refractivity contribution in [3.05, 3.63) is 29.0 Å². The molecule has 1 aliphatic rings. The highest BCUT2D eigenvalue weighted by Crippen LogP contribution is 2.26. The molecule has 0 radical (unpaired) electrons. The monoisotopic (exact) mass is 315 g/mol. The Morgan fingerprint density at radius 2 is 2.06 bits per heavy atom. The van der Waals surface area contributed by atoms with E-state index >= 15 is 0 Å². The molecule has 18 heavy (non-hydrogen) atoms. The summed E-state index contributed by atoms with van der Waals surface area (Å²) in [4.78, 5) is 6.11. The SMILES string of the molecule is Cl.Cl.FC[C@@H](c1cccnc1Cl)N1CCNCC1. The molecule has 104 valence electrons. The van der Waals surface area contributed by atoms with Crippen LogP contribution in [0, 0.1) is 0 Å². The first kappa shape index (κ1) is 17.9. The summed E-state index contributed by atoms with van der Waals surface area (Å²) in [5.41, 5.74) is 0.786. The Hall–Kier alpha value is -0.130. The molecule has 1 aromatic heterocycles. The van der Waals surface area contributed by atoms with Crippen LogP contribution in [0.2, 0.25) is 5.15 Å². The zero-order valence-electron chi connectivity index (χ0n) is 9.81. The molecule has 1 N–H and O–H groups in total. The first-order valence-corrected chi connectivity index (χ1v) is 5.82. The minimum atomic E-state index is -0.425. The van der Waals surface area contributed by atoms with Crippen molar-refractivity contribution in [3.8, 4) is 0 Å². The fourth-order valence-corrected chi connectivity index (χ4v) is 2.26. The molecule has 1 aliphatic heterocycles. The molecule has 2 heterocycles. The van der Waals surface area contributed by atoms with E-state index in [1.807, 2.05) is 6.07 Å². The summed E-state index contributed by atoms with van der Waals surface area (Å²) in [7, 11) is 0. The Bertz CT molecular complexity index is 348. The average Bonchev–Trinajstić information content (AvgIpc) is 2.34. The normalized spacial score (nSPS) is 17.4. The van der Waals surface area contributed by atoms with Gasteiger partial charge in [-0.2, -0.15) is 0 Å². The van der Waals surface area contributed by atoms with Gasteiger partial charge in [0.25, 0.3) is 0 Å². The van der Waals surface area contributed by atoms with E-state index in [0.29, 0.717) is 5.15 Å². The zero-order valence-corrected chi connectivity index (χ0v) is 12.2. The highest BCUT2D eigenvalue weighted by Gasteiger charge is 2.24. The van der Waals surface area contributed by atoms with Crippen LogP contribution >= 0.6 is 36.4 Å². The van der Waals surface area contributed by atoms with Crippen molar-refractivity contribution in [2.75, 3.05) is 32.9 Å². The number of pyridine rings is 1. The molecule has 2 rings (SSSR count). The zero-order chi connectivity index (χ0) is 11.4. The molecule has 1 atom stereocenters. The molecular weight excluding hydrogens is 299 g/mol. The Kier molecular flexibility index (Phi) is 8.82. The van der Waals surface area contributed by atoms with Gasteiger partial charge in [-0.25, -0.2) is 9.37 Å². The van der Waals surface area contributed by atoms with Crippen LogP contribution in [-0.4, -0.2) is 42.7 Å². The summed E-state index contributed by atoms with van der Waals surface area (Å²) in [5, 5.41) is 3.65. The van der Waals surface area contributed by atoms with E-state index in [9.17, 15) is 4.39 Å². The first-order valence-electron chi connectivity index (χ1n) is 5.44. The van der Waals surface area contributed by atoms with E-state index in [4.69, 9.17) is 11.6 Å². The third-order valence-corrected chi connectivity index (χ3v) is 3.20. The van der Waals surface area contributed by atoms with Crippen molar-refractivity contribution in [1.29, 1.82) is 0 Å². The van der Waals surface area contributed by atoms with Gasteiger partial charge >= 0.3 is 0 Å². The lowest BCUT2D eigenvalue weighted by atomic mass is 10.1. The summed E-state index contributed by atoms with van der Waals surface area (Å²) in [5.74, 6) is 0. The van der Waals surface area contributed by atoms with Crippen LogP contribution in [0.15, 0.2) is 18.3 Å². The van der Waals surface area contributed by atoms with Crippen molar-refractivity contribution >= 4 is 36.4 Å². The molecule has 1 fully saturated rings. The topological polar surface area (TPSA) is 28.2 Å². The van der Waals surface area contributed by atoms with Gasteiger partial charge in [0.1, 0.15) is 11.8 Å². The number of aromatic nitrogens is 1. The summed E-state index contributed by atoms with van der Waals surface area (Å²) in [6.45, 7) is 3.06. The van der Waals surface area contributed by atoms with E-state index in [1.54, 1.807) is 12.3 Å². The highest BCUT2D eigenvalue weighted by molar-refractivity contribution is 6.30. The summed E-state index contributed by atoms with van der Waals surface area (Å²) in [6, 6.07) is 3.39. The summed E-state index contributed by atoms with van der Waals surface area (Å²) >= 11 is 6.00. The smallest absolute Gasteiger partial charge is 0.133 e. The molecule has 0 unspecified atom stereocenters. The second-order valence-electron chi connectivity index (χ2n) is 3.84. The summed E-state index contributed by atoms with van der Waals surface area (Å²) in [6.07, 6.45) is 1.62. The lowest BCUT2D eigenvalue weighted by molar-refractivity contribution is 0.147. The number of rotatable bonds is 3. The fourth-order valence-electron chi connectivity index (χ4n) is 2.02. The van der Waals surface area contributed by atoms with Crippen molar-refractivity contribution in [2.45, 2.75) is 6.04 Å². The van der Waals surface area contributed by atoms with Crippen LogP contribution < -0.4 is 5.32 Å². The molecule has 0 aromatic carbocycles. The number of piperazine rings is 1. The third-order valence-electron chi connectivity index (χ3n) is 2.89. The minimum absolute atomic E-state index is 0. The number of nitrogens with one attached hydrogen (secondary N) is 1. The number of alkyl halides is 1. The quantitative estimate of drug-likeness (QED) is 0.869. The van der Waals surface area contributed by atoms with Gasteiger partial charge < -0.3 is 5.32 Å². The molecule has 0 amide bonds.